The van der Waals surface area contributed by atoms with E-state index >= 15 is 0 Å². The van der Waals surface area contributed by atoms with Crippen LogP contribution < -0.4 is 5.32 Å². The zero-order chi connectivity index (χ0) is 16.8. The minimum Gasteiger partial charge on any atom is -0.321 e. The molecule has 0 aliphatic heterocycles. The van der Waals surface area contributed by atoms with Crippen LogP contribution in [-0.2, 0) is 5.54 Å². The number of aromatic nitrogens is 2. The zero-order valence-corrected chi connectivity index (χ0v) is 14.9. The summed E-state index contributed by atoms with van der Waals surface area (Å²) in [5.74, 6) is 0.281. The van der Waals surface area contributed by atoms with Gasteiger partial charge in [0.2, 0.25) is 0 Å². The van der Waals surface area contributed by atoms with Crippen LogP contribution in [0.1, 0.15) is 55.7 Å². The third kappa shape index (κ3) is 3.70. The average Bonchev–Trinajstić information content (AvgIpc) is 3.14. The van der Waals surface area contributed by atoms with Gasteiger partial charge in [-0.05, 0) is 57.9 Å². The fraction of sp³-hybridized carbons (Fsp3) is 0.412. The largest absolute Gasteiger partial charge is 0.321 e. The van der Waals surface area contributed by atoms with Crippen LogP contribution in [0.4, 0.5) is 5.69 Å². The minimum absolute atomic E-state index is 0.211. The van der Waals surface area contributed by atoms with Crippen molar-refractivity contribution in [2.24, 2.45) is 0 Å². The highest BCUT2D eigenvalue weighted by molar-refractivity contribution is 6.35. The molecular formula is C17H19Cl2N3O. The zero-order valence-electron chi connectivity index (χ0n) is 13.4. The van der Waals surface area contributed by atoms with E-state index in [9.17, 15) is 4.79 Å². The molecule has 1 aliphatic rings. The van der Waals surface area contributed by atoms with Crippen LogP contribution in [0.25, 0.3) is 0 Å². The van der Waals surface area contributed by atoms with Crippen molar-refractivity contribution in [1.29, 1.82) is 0 Å². The van der Waals surface area contributed by atoms with Gasteiger partial charge >= 0.3 is 0 Å². The lowest BCUT2D eigenvalue weighted by Gasteiger charge is -2.22. The second kappa shape index (κ2) is 5.84. The van der Waals surface area contributed by atoms with Crippen LogP contribution in [0.3, 0.4) is 0 Å². The fourth-order valence-corrected chi connectivity index (χ4v) is 3.00. The van der Waals surface area contributed by atoms with E-state index < -0.39 is 0 Å². The fourth-order valence-electron chi connectivity index (χ4n) is 2.47. The van der Waals surface area contributed by atoms with Crippen molar-refractivity contribution >= 4 is 34.8 Å². The Labute approximate surface area is 145 Å². The van der Waals surface area contributed by atoms with Crippen molar-refractivity contribution in [3.8, 4) is 0 Å². The topological polar surface area (TPSA) is 46.9 Å². The van der Waals surface area contributed by atoms with Crippen molar-refractivity contribution < 1.29 is 4.79 Å². The summed E-state index contributed by atoms with van der Waals surface area (Å²) in [5, 5.41) is 8.47. The van der Waals surface area contributed by atoms with E-state index in [1.165, 1.54) is 0 Å². The highest BCUT2D eigenvalue weighted by atomic mass is 35.5. The summed E-state index contributed by atoms with van der Waals surface area (Å²) in [6.45, 7) is 6.09. The molecular weight excluding hydrogens is 333 g/mol. The van der Waals surface area contributed by atoms with Crippen LogP contribution in [0.5, 0.6) is 0 Å². The summed E-state index contributed by atoms with van der Waals surface area (Å²) >= 11 is 12.0. The molecule has 1 heterocycles. The number of anilines is 1. The first-order chi connectivity index (χ1) is 10.7. The Bertz CT molecular complexity index is 737. The molecule has 122 valence electrons. The number of amides is 1. The van der Waals surface area contributed by atoms with E-state index in [0.717, 1.165) is 18.5 Å². The molecule has 1 amide bonds. The standard InChI is InChI=1S/C17H19Cl2N3O/c1-17(2,3)22-15(9-14(21-22)10-4-5-10)16(23)20-13-7-11(18)6-12(19)8-13/h6-10H,4-5H2,1-3H3,(H,20,23). The Morgan fingerprint density at radius 1 is 1.17 bits per heavy atom. The summed E-state index contributed by atoms with van der Waals surface area (Å²) in [6.07, 6.45) is 2.29. The second-order valence-electron chi connectivity index (χ2n) is 6.92. The smallest absolute Gasteiger partial charge is 0.273 e. The van der Waals surface area contributed by atoms with Gasteiger partial charge in [0.1, 0.15) is 5.69 Å². The maximum absolute atomic E-state index is 12.7. The van der Waals surface area contributed by atoms with Gasteiger partial charge in [0.15, 0.2) is 0 Å². The first-order valence-corrected chi connectivity index (χ1v) is 8.37. The van der Waals surface area contributed by atoms with Crippen molar-refractivity contribution in [1.82, 2.24) is 9.78 Å². The van der Waals surface area contributed by atoms with Gasteiger partial charge in [-0.3, -0.25) is 9.48 Å². The van der Waals surface area contributed by atoms with Crippen LogP contribution in [0, 0.1) is 0 Å². The summed E-state index contributed by atoms with van der Waals surface area (Å²) in [7, 11) is 0. The molecule has 2 aromatic rings. The molecule has 1 aromatic heterocycles. The molecule has 0 atom stereocenters. The molecule has 23 heavy (non-hydrogen) atoms. The van der Waals surface area contributed by atoms with Crippen LogP contribution in [0.15, 0.2) is 24.3 Å². The third-order valence-corrected chi connectivity index (χ3v) is 4.15. The monoisotopic (exact) mass is 351 g/mol. The van der Waals surface area contributed by atoms with E-state index in [0.29, 0.717) is 27.3 Å². The molecule has 0 spiro atoms. The molecule has 1 aliphatic carbocycles. The van der Waals surface area contributed by atoms with Gasteiger partial charge in [-0.15, -0.1) is 0 Å². The Kier molecular flexibility index (Phi) is 4.15. The molecule has 4 nitrogen and oxygen atoms in total. The number of nitrogens with one attached hydrogen (secondary N) is 1. The predicted octanol–water partition coefficient (Wildman–Crippen LogP) is 5.07. The molecule has 0 radical (unpaired) electrons. The SMILES string of the molecule is CC(C)(C)n1nc(C2CC2)cc1C(=O)Nc1cc(Cl)cc(Cl)c1. The highest BCUT2D eigenvalue weighted by Gasteiger charge is 2.31. The summed E-state index contributed by atoms with van der Waals surface area (Å²) in [4.78, 5) is 12.7. The maximum atomic E-state index is 12.7. The van der Waals surface area contributed by atoms with Gasteiger partial charge in [-0.2, -0.15) is 5.10 Å². The number of rotatable bonds is 3. The second-order valence-corrected chi connectivity index (χ2v) is 7.80. The van der Waals surface area contributed by atoms with E-state index in [2.05, 4.69) is 10.4 Å². The van der Waals surface area contributed by atoms with E-state index in [1.807, 2.05) is 26.8 Å². The number of halogens is 2. The molecule has 1 aromatic carbocycles. The van der Waals surface area contributed by atoms with Crippen LogP contribution in [-0.4, -0.2) is 15.7 Å². The number of carbonyl (C=O) groups excluding carboxylic acids is 1. The number of carbonyl (C=O) groups is 1. The summed E-state index contributed by atoms with van der Waals surface area (Å²) < 4.78 is 1.79. The Morgan fingerprint density at radius 2 is 1.78 bits per heavy atom. The molecule has 3 rings (SSSR count). The molecule has 0 saturated heterocycles. The maximum Gasteiger partial charge on any atom is 0.273 e. The number of benzene rings is 1. The number of nitrogens with zero attached hydrogens (tertiary/aromatic N) is 2. The van der Waals surface area contributed by atoms with Crippen LogP contribution in [0.2, 0.25) is 10.0 Å². The molecule has 1 fully saturated rings. The van der Waals surface area contributed by atoms with E-state index in [1.54, 1.807) is 22.9 Å². The number of hydrogen-bond acceptors (Lipinski definition) is 2. The van der Waals surface area contributed by atoms with E-state index in [4.69, 9.17) is 23.2 Å². The Morgan fingerprint density at radius 3 is 2.30 bits per heavy atom. The van der Waals surface area contributed by atoms with Crippen LogP contribution >= 0.6 is 23.2 Å². The average molecular weight is 352 g/mol. The number of hydrogen-bond donors (Lipinski definition) is 1. The lowest BCUT2D eigenvalue weighted by Crippen LogP contribution is -2.29. The van der Waals surface area contributed by atoms with Crippen molar-refractivity contribution in [3.63, 3.8) is 0 Å². The highest BCUT2D eigenvalue weighted by Crippen LogP contribution is 2.40. The van der Waals surface area contributed by atoms with Gasteiger partial charge in [-0.1, -0.05) is 23.2 Å². The summed E-state index contributed by atoms with van der Waals surface area (Å²) in [5.41, 5.74) is 1.85. The molecule has 6 heteroatoms. The quantitative estimate of drug-likeness (QED) is 0.838. The first-order valence-electron chi connectivity index (χ1n) is 7.62. The Balaban J connectivity index is 1.92. The molecule has 1 N–H and O–H groups in total. The van der Waals surface area contributed by atoms with Crippen molar-refractivity contribution in [2.45, 2.75) is 45.1 Å². The lowest BCUT2D eigenvalue weighted by molar-refractivity contribution is 0.100. The van der Waals surface area contributed by atoms with Gasteiger partial charge < -0.3 is 5.32 Å². The van der Waals surface area contributed by atoms with Gasteiger partial charge in [0.05, 0.1) is 11.2 Å². The van der Waals surface area contributed by atoms with Gasteiger partial charge in [-0.25, -0.2) is 0 Å². The van der Waals surface area contributed by atoms with Gasteiger partial charge in [0, 0.05) is 21.7 Å². The lowest BCUT2D eigenvalue weighted by atomic mass is 10.1. The van der Waals surface area contributed by atoms with Crippen molar-refractivity contribution in [2.75, 3.05) is 5.32 Å². The molecule has 1 saturated carbocycles. The third-order valence-electron chi connectivity index (χ3n) is 3.71. The first kappa shape index (κ1) is 16.3. The Hall–Kier alpha value is -1.52. The minimum atomic E-state index is -0.272. The normalized spacial score (nSPS) is 14.8. The molecule has 0 bridgehead atoms. The predicted molar refractivity (Wildman–Crippen MR) is 93.6 cm³/mol. The summed E-state index contributed by atoms with van der Waals surface area (Å²) in [6, 6.07) is 6.86. The van der Waals surface area contributed by atoms with E-state index in [-0.39, 0.29) is 11.4 Å². The molecule has 0 unspecified atom stereocenters. The van der Waals surface area contributed by atoms with Gasteiger partial charge in [0.25, 0.3) is 5.91 Å². The van der Waals surface area contributed by atoms with Crippen molar-refractivity contribution in [3.05, 3.63) is 45.7 Å².